The van der Waals surface area contributed by atoms with Gasteiger partial charge in [-0.15, -0.1) is 0 Å². The van der Waals surface area contributed by atoms with Crippen LogP contribution in [0, 0.1) is 5.82 Å². The predicted octanol–water partition coefficient (Wildman–Crippen LogP) is 6.52. The molecule has 0 aliphatic carbocycles. The zero-order valence-electron chi connectivity index (χ0n) is 31.9. The van der Waals surface area contributed by atoms with Crippen LogP contribution in [0.1, 0.15) is 26.7 Å². The summed E-state index contributed by atoms with van der Waals surface area (Å²) in [7, 11) is 0. The maximum Gasteiger partial charge on any atom is 0.221 e. The van der Waals surface area contributed by atoms with Crippen LogP contribution in [0.4, 0.5) is 15.8 Å². The second-order valence-corrected chi connectivity index (χ2v) is 14.8. The first-order valence-electron chi connectivity index (χ1n) is 18.7. The third kappa shape index (κ3) is 15.0. The number of carbonyl (C=O) groups excluding carboxylic acids is 2. The molecule has 4 atom stereocenters. The Bertz CT molecular complexity index is 1890. The number of hydrogen-bond donors (Lipinski definition) is 4. The van der Waals surface area contributed by atoms with Crippen LogP contribution in [0.15, 0.2) is 91.0 Å². The molecule has 4 aromatic rings. The predicted molar refractivity (Wildman–Crippen MR) is 218 cm³/mol. The van der Waals surface area contributed by atoms with Crippen molar-refractivity contribution in [1.82, 2.24) is 9.80 Å². The van der Waals surface area contributed by atoms with Gasteiger partial charge in [0.25, 0.3) is 0 Å². The Labute approximate surface area is 342 Å². The Morgan fingerprint density at radius 3 is 1.72 bits per heavy atom. The molecule has 4 aromatic carbocycles. The Kier molecular flexibility index (Phi) is 16.6. The van der Waals surface area contributed by atoms with Gasteiger partial charge in [0.2, 0.25) is 11.8 Å². The lowest BCUT2D eigenvalue weighted by Crippen LogP contribution is -2.35. The highest BCUT2D eigenvalue weighted by atomic mass is 35.5. The fourth-order valence-electron chi connectivity index (χ4n) is 6.40. The molecule has 2 heterocycles. The van der Waals surface area contributed by atoms with E-state index in [0.717, 1.165) is 38.2 Å². The van der Waals surface area contributed by atoms with Crippen LogP contribution in [0.2, 0.25) is 10.0 Å². The molecule has 2 saturated heterocycles. The van der Waals surface area contributed by atoms with Crippen molar-refractivity contribution in [1.29, 1.82) is 0 Å². The molecule has 0 radical (unpaired) electrons. The fourth-order valence-corrected chi connectivity index (χ4v) is 6.70. The summed E-state index contributed by atoms with van der Waals surface area (Å²) in [5.41, 5.74) is 1.06. The zero-order chi connectivity index (χ0) is 40.7. The highest BCUT2D eigenvalue weighted by Gasteiger charge is 2.27. The van der Waals surface area contributed by atoms with E-state index < -0.39 is 12.2 Å². The molecule has 4 unspecified atom stereocenters. The van der Waals surface area contributed by atoms with Crippen LogP contribution < -0.4 is 29.6 Å². The molecule has 0 aromatic heterocycles. The number of aliphatic hydroxyl groups is 2. The van der Waals surface area contributed by atoms with Gasteiger partial charge in [-0.25, -0.2) is 4.39 Å². The van der Waals surface area contributed by atoms with Gasteiger partial charge in [0.1, 0.15) is 66.4 Å². The van der Waals surface area contributed by atoms with E-state index in [1.54, 1.807) is 42.5 Å². The van der Waals surface area contributed by atoms with E-state index in [1.165, 1.54) is 26.0 Å². The van der Waals surface area contributed by atoms with Crippen LogP contribution in [0.25, 0.3) is 0 Å². The smallest absolute Gasteiger partial charge is 0.221 e. The summed E-state index contributed by atoms with van der Waals surface area (Å²) in [5, 5.41) is 27.2. The molecule has 2 aliphatic rings. The number of likely N-dealkylation sites (tertiary alicyclic amines) is 2. The van der Waals surface area contributed by atoms with Gasteiger partial charge in [0.15, 0.2) is 0 Å². The molecule has 0 spiro atoms. The van der Waals surface area contributed by atoms with E-state index in [4.69, 9.17) is 42.1 Å². The molecule has 6 rings (SSSR count). The number of hydrogen-bond acceptors (Lipinski definition) is 10. The first kappa shape index (κ1) is 43.5. The fraction of sp³-hybridized carbons (Fsp3) is 0.381. The molecule has 57 heavy (non-hydrogen) atoms. The lowest BCUT2D eigenvalue weighted by molar-refractivity contribution is -0.115. The second-order valence-electron chi connectivity index (χ2n) is 13.9. The number of anilines is 2. The van der Waals surface area contributed by atoms with Gasteiger partial charge < -0.3 is 39.8 Å². The highest BCUT2D eigenvalue weighted by molar-refractivity contribution is 6.31. The Balaban J connectivity index is 0.000000218. The van der Waals surface area contributed by atoms with Crippen molar-refractivity contribution in [2.45, 2.75) is 51.1 Å². The number of β-amino-alcohol motifs (C(OH)–C–C–N with tert-alkyl or cyclic N) is 2. The van der Waals surface area contributed by atoms with Crippen molar-refractivity contribution in [3.05, 3.63) is 107 Å². The number of halogens is 3. The molecule has 15 heteroatoms. The number of ether oxygens (including phenoxy) is 4. The second kappa shape index (κ2) is 21.8. The standard InChI is InChI=1S/C21H24ClFN2O4.C21H25ClN2O4/c1-14(26)24-20-10-15(22)2-7-21(20)28-13-17(27)11-25-9-8-19(12-25)29-18-5-3-16(23)4-6-18;1-15(25)23-20-4-2-3-5-21(20)27-14-17(26)12-24-11-10-19(13-24)28-18-8-6-16(22)7-9-18/h2-7,10,17,19,27H,8-9,11-13H2,1H3,(H,24,26);2-9,17,19,26H,10-14H2,1H3,(H,23,25). The van der Waals surface area contributed by atoms with Gasteiger partial charge in [0.05, 0.1) is 11.4 Å². The molecule has 306 valence electrons. The number of nitrogens with one attached hydrogen (secondary N) is 2. The van der Waals surface area contributed by atoms with Crippen LogP contribution in [-0.4, -0.2) is 109 Å². The van der Waals surface area contributed by atoms with Crippen LogP contribution in [0.3, 0.4) is 0 Å². The lowest BCUT2D eigenvalue weighted by Gasteiger charge is -2.21. The van der Waals surface area contributed by atoms with Crippen molar-refractivity contribution in [2.75, 3.05) is 63.1 Å². The van der Waals surface area contributed by atoms with Crippen LogP contribution >= 0.6 is 23.2 Å². The third-order valence-electron chi connectivity index (χ3n) is 8.94. The highest BCUT2D eigenvalue weighted by Crippen LogP contribution is 2.29. The molecule has 2 fully saturated rings. The number of para-hydroxylation sites is 2. The summed E-state index contributed by atoms with van der Waals surface area (Å²) in [5.74, 6) is 1.73. The molecule has 12 nitrogen and oxygen atoms in total. The third-order valence-corrected chi connectivity index (χ3v) is 9.43. The maximum atomic E-state index is 13.0. The summed E-state index contributed by atoms with van der Waals surface area (Å²) in [6.45, 7) is 7.09. The largest absolute Gasteiger partial charge is 0.489 e. The van der Waals surface area contributed by atoms with Gasteiger partial charge >= 0.3 is 0 Å². The summed E-state index contributed by atoms with van der Waals surface area (Å²) < 4.78 is 36.2. The molecular weight excluding hydrogens is 778 g/mol. The Morgan fingerprint density at radius 1 is 0.702 bits per heavy atom. The van der Waals surface area contributed by atoms with Gasteiger partial charge in [-0.2, -0.15) is 0 Å². The van der Waals surface area contributed by atoms with E-state index in [-0.39, 0.29) is 43.1 Å². The monoisotopic (exact) mass is 826 g/mol. The van der Waals surface area contributed by atoms with E-state index in [0.29, 0.717) is 58.3 Å². The van der Waals surface area contributed by atoms with Crippen molar-refractivity contribution in [2.24, 2.45) is 0 Å². The molecule has 0 bridgehead atoms. The first-order chi connectivity index (χ1) is 27.4. The topological polar surface area (TPSA) is 142 Å². The maximum absolute atomic E-state index is 13.0. The van der Waals surface area contributed by atoms with E-state index in [2.05, 4.69) is 20.4 Å². The SMILES string of the molecule is CC(=O)Nc1cc(Cl)ccc1OCC(O)CN1CCC(Oc2ccc(F)cc2)C1.CC(=O)Nc1ccccc1OCC(O)CN1CCC(Oc2ccc(Cl)cc2)C1. The summed E-state index contributed by atoms with van der Waals surface area (Å²) in [6, 6.07) is 25.4. The van der Waals surface area contributed by atoms with E-state index in [9.17, 15) is 24.2 Å². The molecule has 4 N–H and O–H groups in total. The van der Waals surface area contributed by atoms with Crippen molar-refractivity contribution in [3.8, 4) is 23.0 Å². The molecule has 2 aliphatic heterocycles. The minimum Gasteiger partial charge on any atom is -0.489 e. The lowest BCUT2D eigenvalue weighted by atomic mass is 10.3. The number of carbonyl (C=O) groups is 2. The van der Waals surface area contributed by atoms with Crippen molar-refractivity contribution >= 4 is 46.4 Å². The van der Waals surface area contributed by atoms with Crippen molar-refractivity contribution < 1.29 is 43.1 Å². The zero-order valence-corrected chi connectivity index (χ0v) is 33.4. The normalized spacial score (nSPS) is 17.8. The average molecular weight is 828 g/mol. The Hall–Kier alpha value is -4.63. The Morgan fingerprint density at radius 2 is 1.18 bits per heavy atom. The van der Waals surface area contributed by atoms with Gasteiger partial charge in [0, 0.05) is 63.2 Å². The van der Waals surface area contributed by atoms with E-state index >= 15 is 0 Å². The number of amides is 2. The average Bonchev–Trinajstić information content (AvgIpc) is 3.81. The number of rotatable bonds is 16. The first-order valence-corrected chi connectivity index (χ1v) is 19.5. The number of nitrogens with zero attached hydrogens (tertiary/aromatic N) is 2. The van der Waals surface area contributed by atoms with Gasteiger partial charge in [-0.1, -0.05) is 35.3 Å². The van der Waals surface area contributed by atoms with Crippen molar-refractivity contribution in [3.63, 3.8) is 0 Å². The molecule has 0 saturated carbocycles. The number of benzene rings is 4. The summed E-state index contributed by atoms with van der Waals surface area (Å²) in [4.78, 5) is 26.9. The van der Waals surface area contributed by atoms with E-state index in [1.807, 2.05) is 36.4 Å². The number of aliphatic hydroxyl groups excluding tert-OH is 2. The molecule has 2 amide bonds. The quantitative estimate of drug-likeness (QED) is 0.0987. The minimum absolute atomic E-state index is 0.00351. The minimum atomic E-state index is -0.708. The summed E-state index contributed by atoms with van der Waals surface area (Å²) >= 11 is 11.9. The summed E-state index contributed by atoms with van der Waals surface area (Å²) in [6.07, 6.45) is 0.474. The van der Waals surface area contributed by atoms with Crippen LogP contribution in [0.5, 0.6) is 23.0 Å². The van der Waals surface area contributed by atoms with Crippen LogP contribution in [-0.2, 0) is 9.59 Å². The molecular formula is C42H49Cl2FN4O8. The van der Waals surface area contributed by atoms with Gasteiger partial charge in [-0.3, -0.25) is 19.4 Å². The van der Waals surface area contributed by atoms with Gasteiger partial charge in [-0.05, 0) is 91.7 Å².